The fourth-order valence-corrected chi connectivity index (χ4v) is 4.53. The molecule has 1 aromatic heterocycles. The monoisotopic (exact) mass is 443 g/mol. The first-order valence-electron chi connectivity index (χ1n) is 9.99. The molecule has 1 N–H and O–H groups in total. The molecule has 1 aliphatic heterocycles. The molecule has 5 nitrogen and oxygen atoms in total. The number of nitrogens with zero attached hydrogens (tertiary/aromatic N) is 2. The van der Waals surface area contributed by atoms with Crippen molar-refractivity contribution in [1.82, 2.24) is 15.1 Å². The van der Waals surface area contributed by atoms with E-state index in [4.69, 9.17) is 27.9 Å². The van der Waals surface area contributed by atoms with E-state index >= 15 is 0 Å². The minimum absolute atomic E-state index is 0.0109. The van der Waals surface area contributed by atoms with E-state index in [-0.39, 0.29) is 5.91 Å². The van der Waals surface area contributed by atoms with Crippen molar-refractivity contribution in [2.75, 3.05) is 19.8 Å². The standard InChI is InChI=1S/C23H23Cl2N3O2/c24-18-4-7-20(21(25)16-18)23(9-14-30-15-10-23)22(29)26-12-8-17-2-5-19(6-3-17)28-13-1-11-27-28/h1-7,11,13,16H,8-10,12,14-15H2,(H,26,29). The molecule has 1 saturated heterocycles. The molecule has 0 radical (unpaired) electrons. The zero-order chi connectivity index (χ0) is 21.0. The maximum atomic E-state index is 13.3. The second-order valence-electron chi connectivity index (χ2n) is 7.44. The number of halogens is 2. The first kappa shape index (κ1) is 20.9. The lowest BCUT2D eigenvalue weighted by molar-refractivity contribution is -0.130. The van der Waals surface area contributed by atoms with Crippen LogP contribution in [0.15, 0.2) is 60.9 Å². The number of aromatic nitrogens is 2. The van der Waals surface area contributed by atoms with Gasteiger partial charge in [-0.15, -0.1) is 0 Å². The van der Waals surface area contributed by atoms with Gasteiger partial charge in [0.25, 0.3) is 0 Å². The Bertz CT molecular complexity index is 998. The van der Waals surface area contributed by atoms with Gasteiger partial charge >= 0.3 is 0 Å². The van der Waals surface area contributed by atoms with Gasteiger partial charge < -0.3 is 10.1 Å². The number of hydrogen-bond acceptors (Lipinski definition) is 3. The lowest BCUT2D eigenvalue weighted by Crippen LogP contribution is -2.48. The second-order valence-corrected chi connectivity index (χ2v) is 8.29. The van der Waals surface area contributed by atoms with E-state index in [2.05, 4.69) is 22.5 Å². The van der Waals surface area contributed by atoms with Gasteiger partial charge in [-0.3, -0.25) is 4.79 Å². The van der Waals surface area contributed by atoms with Gasteiger partial charge in [0, 0.05) is 42.2 Å². The van der Waals surface area contributed by atoms with Crippen LogP contribution >= 0.6 is 23.2 Å². The Morgan fingerprint density at radius 3 is 2.57 bits per heavy atom. The fourth-order valence-electron chi connectivity index (χ4n) is 3.94. The van der Waals surface area contributed by atoms with Crippen molar-refractivity contribution < 1.29 is 9.53 Å². The van der Waals surface area contributed by atoms with Gasteiger partial charge in [0.2, 0.25) is 5.91 Å². The molecule has 0 spiro atoms. The van der Waals surface area contributed by atoms with E-state index in [9.17, 15) is 4.79 Å². The van der Waals surface area contributed by atoms with Crippen LogP contribution in [0.4, 0.5) is 0 Å². The quantitative estimate of drug-likeness (QED) is 0.605. The molecule has 156 valence electrons. The van der Waals surface area contributed by atoms with Gasteiger partial charge in [-0.2, -0.15) is 5.10 Å². The van der Waals surface area contributed by atoms with E-state index in [0.29, 0.717) is 42.6 Å². The maximum Gasteiger partial charge on any atom is 0.230 e. The molecule has 2 heterocycles. The maximum absolute atomic E-state index is 13.3. The number of hydrogen-bond donors (Lipinski definition) is 1. The second kappa shape index (κ2) is 9.21. The Balaban J connectivity index is 1.43. The predicted molar refractivity (Wildman–Crippen MR) is 118 cm³/mol. The molecule has 1 fully saturated rings. The number of carbonyl (C=O) groups is 1. The Kier molecular flexibility index (Phi) is 6.42. The van der Waals surface area contributed by atoms with E-state index in [0.717, 1.165) is 23.2 Å². The molecule has 1 aliphatic rings. The normalized spacial score (nSPS) is 15.7. The lowest BCUT2D eigenvalue weighted by atomic mass is 9.73. The largest absolute Gasteiger partial charge is 0.381 e. The average molecular weight is 444 g/mol. The van der Waals surface area contributed by atoms with E-state index < -0.39 is 5.41 Å². The van der Waals surface area contributed by atoms with Crippen molar-refractivity contribution in [2.45, 2.75) is 24.7 Å². The molecule has 3 aromatic rings. The summed E-state index contributed by atoms with van der Waals surface area (Å²) in [7, 11) is 0. The average Bonchev–Trinajstić information content (AvgIpc) is 3.29. The third-order valence-electron chi connectivity index (χ3n) is 5.63. The first-order chi connectivity index (χ1) is 14.6. The molecule has 4 rings (SSSR count). The number of nitrogens with one attached hydrogen (secondary N) is 1. The van der Waals surface area contributed by atoms with Crippen LogP contribution in [0.3, 0.4) is 0 Å². The van der Waals surface area contributed by atoms with Gasteiger partial charge in [0.1, 0.15) is 0 Å². The molecule has 0 bridgehead atoms. The summed E-state index contributed by atoms with van der Waals surface area (Å²) in [5.41, 5.74) is 2.28. The van der Waals surface area contributed by atoms with Crippen LogP contribution in [-0.4, -0.2) is 35.4 Å². The Hall–Kier alpha value is -2.34. The molecular formula is C23H23Cl2N3O2. The summed E-state index contributed by atoms with van der Waals surface area (Å²) < 4.78 is 7.34. The third-order valence-corrected chi connectivity index (χ3v) is 6.18. The molecule has 2 aromatic carbocycles. The van der Waals surface area contributed by atoms with Crippen LogP contribution in [0.25, 0.3) is 5.69 Å². The zero-order valence-corrected chi connectivity index (χ0v) is 18.0. The van der Waals surface area contributed by atoms with Gasteiger partial charge in [0.05, 0.1) is 11.1 Å². The van der Waals surface area contributed by atoms with Gasteiger partial charge in [0.15, 0.2) is 0 Å². The summed E-state index contributed by atoms with van der Waals surface area (Å²) in [6, 6.07) is 15.4. The summed E-state index contributed by atoms with van der Waals surface area (Å²) in [6.07, 6.45) is 5.59. The summed E-state index contributed by atoms with van der Waals surface area (Å²) in [4.78, 5) is 13.3. The highest BCUT2D eigenvalue weighted by Gasteiger charge is 2.42. The van der Waals surface area contributed by atoms with Crippen LogP contribution in [-0.2, 0) is 21.4 Å². The zero-order valence-electron chi connectivity index (χ0n) is 16.5. The molecule has 1 amide bonds. The SMILES string of the molecule is O=C(NCCc1ccc(-n2cccn2)cc1)C1(c2ccc(Cl)cc2Cl)CCOCC1. The Morgan fingerprint density at radius 2 is 1.90 bits per heavy atom. The summed E-state index contributed by atoms with van der Waals surface area (Å²) in [5, 5.41) is 8.44. The van der Waals surface area contributed by atoms with Crippen molar-refractivity contribution in [3.63, 3.8) is 0 Å². The van der Waals surface area contributed by atoms with Crippen LogP contribution in [0.1, 0.15) is 24.0 Å². The van der Waals surface area contributed by atoms with Crippen LogP contribution in [0.5, 0.6) is 0 Å². The van der Waals surface area contributed by atoms with Crippen molar-refractivity contribution in [3.05, 3.63) is 82.1 Å². The van der Waals surface area contributed by atoms with Crippen molar-refractivity contribution in [1.29, 1.82) is 0 Å². The number of rotatable bonds is 6. The van der Waals surface area contributed by atoms with Crippen molar-refractivity contribution in [3.8, 4) is 5.69 Å². The van der Waals surface area contributed by atoms with Gasteiger partial charge in [-0.05, 0) is 60.7 Å². The van der Waals surface area contributed by atoms with E-state index in [1.165, 1.54) is 0 Å². The molecule has 7 heteroatoms. The molecule has 0 aliphatic carbocycles. The minimum atomic E-state index is -0.691. The summed E-state index contributed by atoms with van der Waals surface area (Å²) >= 11 is 12.5. The van der Waals surface area contributed by atoms with E-state index in [1.807, 2.05) is 35.1 Å². The topological polar surface area (TPSA) is 56.2 Å². The number of carbonyl (C=O) groups excluding carboxylic acids is 1. The van der Waals surface area contributed by atoms with Crippen LogP contribution in [0, 0.1) is 0 Å². The molecular weight excluding hydrogens is 421 g/mol. The van der Waals surface area contributed by atoms with Gasteiger partial charge in [-0.25, -0.2) is 4.68 Å². The number of ether oxygens (including phenoxy) is 1. The third kappa shape index (κ3) is 4.38. The molecule has 30 heavy (non-hydrogen) atoms. The summed E-state index contributed by atoms with van der Waals surface area (Å²) in [6.45, 7) is 1.61. The number of amides is 1. The molecule has 0 atom stereocenters. The van der Waals surface area contributed by atoms with Crippen LogP contribution < -0.4 is 5.32 Å². The molecule has 0 saturated carbocycles. The Morgan fingerprint density at radius 1 is 1.13 bits per heavy atom. The smallest absolute Gasteiger partial charge is 0.230 e. The van der Waals surface area contributed by atoms with E-state index in [1.54, 1.807) is 18.3 Å². The highest BCUT2D eigenvalue weighted by molar-refractivity contribution is 6.35. The highest BCUT2D eigenvalue weighted by Crippen LogP contribution is 2.39. The first-order valence-corrected chi connectivity index (χ1v) is 10.7. The lowest BCUT2D eigenvalue weighted by Gasteiger charge is -2.37. The van der Waals surface area contributed by atoms with Crippen LogP contribution in [0.2, 0.25) is 10.0 Å². The minimum Gasteiger partial charge on any atom is -0.381 e. The Labute approximate surface area is 185 Å². The predicted octanol–water partition coefficient (Wildman–Crippen LogP) is 4.59. The van der Waals surface area contributed by atoms with Gasteiger partial charge in [-0.1, -0.05) is 41.4 Å². The number of benzene rings is 2. The fraction of sp³-hybridized carbons (Fsp3) is 0.304. The van der Waals surface area contributed by atoms with Crippen molar-refractivity contribution >= 4 is 29.1 Å². The summed E-state index contributed by atoms with van der Waals surface area (Å²) in [5.74, 6) is -0.0109. The molecule has 0 unspecified atom stereocenters. The van der Waals surface area contributed by atoms with Crippen molar-refractivity contribution in [2.24, 2.45) is 0 Å². The highest BCUT2D eigenvalue weighted by atomic mass is 35.5.